The first-order chi connectivity index (χ1) is 16.2. The third-order valence-electron chi connectivity index (χ3n) is 7.05. The van der Waals surface area contributed by atoms with Gasteiger partial charge in [-0.2, -0.15) is 10.2 Å². The van der Waals surface area contributed by atoms with Gasteiger partial charge in [-0.15, -0.1) is 16.4 Å². The average molecular weight is 540 g/mol. The molecule has 10 heteroatoms. The van der Waals surface area contributed by atoms with Crippen molar-refractivity contribution in [1.29, 1.82) is 0 Å². The van der Waals surface area contributed by atoms with Gasteiger partial charge in [-0.3, -0.25) is 4.68 Å². The molecular formula is C24H27BrN8S. The summed E-state index contributed by atoms with van der Waals surface area (Å²) < 4.78 is 6.63. The Balaban J connectivity index is 1.36. The van der Waals surface area contributed by atoms with Crippen molar-refractivity contribution < 1.29 is 0 Å². The number of rotatable bonds is 3. The van der Waals surface area contributed by atoms with Crippen molar-refractivity contribution in [2.75, 3.05) is 0 Å². The van der Waals surface area contributed by atoms with Crippen molar-refractivity contribution in [1.82, 2.24) is 39.1 Å². The summed E-state index contributed by atoms with van der Waals surface area (Å²) in [5.74, 6) is 1.32. The molecular weight excluding hydrogens is 512 g/mol. The number of aromatic nitrogens is 8. The zero-order valence-corrected chi connectivity index (χ0v) is 22.4. The monoisotopic (exact) mass is 538 g/mol. The zero-order chi connectivity index (χ0) is 23.8. The summed E-state index contributed by atoms with van der Waals surface area (Å²) in [6, 6.07) is 1.96. The van der Waals surface area contributed by atoms with E-state index in [9.17, 15) is 0 Å². The molecule has 8 nitrogen and oxygen atoms in total. The standard InChI is InChI=1S/C24H27BrN8S/c1-13-20(25)14(2)33(28-13)12-31-9-8-17(29-31)21-27-22-19-16-7-6-15(24(3,4)5)10-18(16)34-23(19)26-11-32(22)30-21/h8-9,11,15H,6-7,10,12H2,1-5H3. The molecule has 1 aliphatic rings. The smallest absolute Gasteiger partial charge is 0.202 e. The largest absolute Gasteiger partial charge is 0.250 e. The molecule has 5 aromatic rings. The Morgan fingerprint density at radius 2 is 2.00 bits per heavy atom. The maximum atomic E-state index is 4.93. The second kappa shape index (κ2) is 7.71. The molecule has 0 saturated carbocycles. The van der Waals surface area contributed by atoms with Crippen molar-refractivity contribution in [3.63, 3.8) is 0 Å². The highest BCUT2D eigenvalue weighted by Gasteiger charge is 2.32. The van der Waals surface area contributed by atoms with Crippen molar-refractivity contribution in [2.45, 2.75) is 60.5 Å². The number of hydrogen-bond acceptors (Lipinski definition) is 6. The topological polar surface area (TPSA) is 78.7 Å². The minimum atomic E-state index is 0.320. The maximum absolute atomic E-state index is 4.93. The van der Waals surface area contributed by atoms with Gasteiger partial charge in [0.25, 0.3) is 0 Å². The van der Waals surface area contributed by atoms with Crippen LogP contribution in [0, 0.1) is 25.2 Å². The molecule has 5 heterocycles. The Bertz CT molecular complexity index is 1550. The lowest BCUT2D eigenvalue weighted by Crippen LogP contribution is -2.26. The van der Waals surface area contributed by atoms with E-state index in [2.05, 4.69) is 41.8 Å². The van der Waals surface area contributed by atoms with Gasteiger partial charge in [-0.25, -0.2) is 19.2 Å². The summed E-state index contributed by atoms with van der Waals surface area (Å²) in [4.78, 5) is 12.2. The molecule has 0 amide bonds. The van der Waals surface area contributed by atoms with Crippen LogP contribution in [-0.4, -0.2) is 39.1 Å². The van der Waals surface area contributed by atoms with Crippen LogP contribution >= 0.6 is 27.3 Å². The second-order valence-electron chi connectivity index (χ2n) is 10.3. The number of hydrogen-bond donors (Lipinski definition) is 0. The first kappa shape index (κ1) is 21.9. The third kappa shape index (κ3) is 3.50. The minimum Gasteiger partial charge on any atom is -0.250 e. The summed E-state index contributed by atoms with van der Waals surface area (Å²) in [5, 5.41) is 15.2. The molecule has 1 atom stereocenters. The van der Waals surface area contributed by atoms with Crippen LogP contribution in [0.3, 0.4) is 0 Å². The lowest BCUT2D eigenvalue weighted by Gasteiger charge is -2.33. The molecule has 0 N–H and O–H groups in total. The number of nitrogens with zero attached hydrogens (tertiary/aromatic N) is 8. The van der Waals surface area contributed by atoms with Crippen LogP contribution in [-0.2, 0) is 19.5 Å². The van der Waals surface area contributed by atoms with Gasteiger partial charge in [0, 0.05) is 11.1 Å². The highest BCUT2D eigenvalue weighted by molar-refractivity contribution is 9.10. The lowest BCUT2D eigenvalue weighted by atomic mass is 9.72. The summed E-state index contributed by atoms with van der Waals surface area (Å²) >= 11 is 5.41. The average Bonchev–Trinajstić information content (AvgIpc) is 3.54. The molecule has 0 spiro atoms. The molecule has 0 saturated heterocycles. The highest BCUT2D eigenvalue weighted by Crippen LogP contribution is 2.43. The summed E-state index contributed by atoms with van der Waals surface area (Å²) in [5.41, 5.74) is 5.40. The molecule has 0 aromatic carbocycles. The lowest BCUT2D eigenvalue weighted by molar-refractivity contribution is 0.218. The van der Waals surface area contributed by atoms with Crippen LogP contribution in [0.4, 0.5) is 0 Å². The van der Waals surface area contributed by atoms with E-state index in [-0.39, 0.29) is 0 Å². The first-order valence-electron chi connectivity index (χ1n) is 11.6. The molecule has 0 radical (unpaired) electrons. The van der Waals surface area contributed by atoms with E-state index in [1.165, 1.54) is 22.2 Å². The van der Waals surface area contributed by atoms with Crippen LogP contribution < -0.4 is 0 Å². The molecule has 5 aromatic heterocycles. The SMILES string of the molecule is Cc1nn(Cn2ccc(-c3nc4c5c6c(sc5ncn4n3)CC(C(C)(C)C)CC6)n2)c(C)c1Br. The normalized spacial score (nSPS) is 16.6. The molecule has 34 heavy (non-hydrogen) atoms. The van der Waals surface area contributed by atoms with Gasteiger partial charge >= 0.3 is 0 Å². The van der Waals surface area contributed by atoms with E-state index >= 15 is 0 Å². The fraction of sp³-hybridized carbons (Fsp3) is 0.458. The first-order valence-corrected chi connectivity index (χ1v) is 13.2. The predicted molar refractivity (Wildman–Crippen MR) is 137 cm³/mol. The zero-order valence-electron chi connectivity index (χ0n) is 20.0. The summed E-state index contributed by atoms with van der Waals surface area (Å²) in [6.07, 6.45) is 7.13. The summed E-state index contributed by atoms with van der Waals surface area (Å²) in [6.45, 7) is 11.6. The van der Waals surface area contributed by atoms with E-state index in [1.807, 2.05) is 46.8 Å². The Kier molecular flexibility index (Phi) is 4.97. The minimum absolute atomic E-state index is 0.320. The molecule has 0 aliphatic heterocycles. The predicted octanol–water partition coefficient (Wildman–Crippen LogP) is 5.44. The van der Waals surface area contributed by atoms with E-state index < -0.39 is 0 Å². The molecule has 0 fully saturated rings. The molecule has 0 bridgehead atoms. The number of thiophene rings is 1. The highest BCUT2D eigenvalue weighted by atomic mass is 79.9. The van der Waals surface area contributed by atoms with Crippen molar-refractivity contribution in [2.24, 2.45) is 11.3 Å². The van der Waals surface area contributed by atoms with Crippen molar-refractivity contribution >= 4 is 43.1 Å². The number of fused-ring (bicyclic) bond motifs is 5. The quantitative estimate of drug-likeness (QED) is 0.305. The molecule has 6 rings (SSSR count). The van der Waals surface area contributed by atoms with E-state index in [1.54, 1.807) is 10.8 Å². The van der Waals surface area contributed by atoms with Gasteiger partial charge in [0.2, 0.25) is 5.82 Å². The van der Waals surface area contributed by atoms with Gasteiger partial charge < -0.3 is 0 Å². The van der Waals surface area contributed by atoms with Gasteiger partial charge in [0.15, 0.2) is 5.65 Å². The van der Waals surface area contributed by atoms with Crippen molar-refractivity contribution in [3.8, 4) is 11.5 Å². The Morgan fingerprint density at radius 1 is 1.18 bits per heavy atom. The van der Waals surface area contributed by atoms with E-state index in [0.717, 1.165) is 44.9 Å². The van der Waals surface area contributed by atoms with Crippen LogP contribution in [0.2, 0.25) is 0 Å². The van der Waals surface area contributed by atoms with Gasteiger partial charge in [0.05, 0.1) is 21.2 Å². The van der Waals surface area contributed by atoms with E-state index in [4.69, 9.17) is 20.2 Å². The van der Waals surface area contributed by atoms with E-state index in [0.29, 0.717) is 23.8 Å². The molecule has 176 valence electrons. The number of aryl methyl sites for hydroxylation is 2. The molecule has 1 aliphatic carbocycles. The fourth-order valence-electron chi connectivity index (χ4n) is 4.93. The summed E-state index contributed by atoms with van der Waals surface area (Å²) in [7, 11) is 0. The van der Waals surface area contributed by atoms with Gasteiger partial charge in [-0.1, -0.05) is 20.8 Å². The van der Waals surface area contributed by atoms with Crippen molar-refractivity contribution in [3.05, 3.63) is 44.9 Å². The maximum Gasteiger partial charge on any atom is 0.202 e. The Morgan fingerprint density at radius 3 is 2.74 bits per heavy atom. The number of halogens is 1. The van der Waals surface area contributed by atoms with Crippen LogP contribution in [0.15, 0.2) is 23.1 Å². The van der Waals surface area contributed by atoms with Crippen LogP contribution in [0.5, 0.6) is 0 Å². The fourth-order valence-corrected chi connectivity index (χ4v) is 6.48. The Labute approximate surface area is 210 Å². The molecule has 1 unspecified atom stereocenters. The van der Waals surface area contributed by atoms with Gasteiger partial charge in [-0.05, 0) is 72.0 Å². The third-order valence-corrected chi connectivity index (χ3v) is 9.36. The van der Waals surface area contributed by atoms with Crippen LogP contribution in [0.1, 0.15) is 49.0 Å². The Hall–Kier alpha value is -2.59. The van der Waals surface area contributed by atoms with Crippen LogP contribution in [0.25, 0.3) is 27.4 Å². The van der Waals surface area contributed by atoms with Gasteiger partial charge in [0.1, 0.15) is 23.5 Å². The second-order valence-corrected chi connectivity index (χ2v) is 12.2.